The summed E-state index contributed by atoms with van der Waals surface area (Å²) >= 11 is 3.36. The van der Waals surface area contributed by atoms with E-state index in [0.29, 0.717) is 0 Å². The molecular formula is C9H11BrN2. The summed E-state index contributed by atoms with van der Waals surface area (Å²) in [6, 6.07) is 5.90. The normalized spacial score (nSPS) is 19.2. The van der Waals surface area contributed by atoms with Crippen molar-refractivity contribution in [1.82, 2.24) is 0 Å². The molecule has 0 saturated heterocycles. The number of hydrogen-bond donors (Lipinski definition) is 2. The fourth-order valence-electron chi connectivity index (χ4n) is 1.39. The van der Waals surface area contributed by atoms with Crippen LogP contribution < -0.4 is 11.5 Å². The Hall–Kier alpha value is -0.540. The van der Waals surface area contributed by atoms with E-state index in [1.54, 1.807) is 0 Å². The van der Waals surface area contributed by atoms with E-state index in [0.717, 1.165) is 28.6 Å². The van der Waals surface area contributed by atoms with E-state index in [1.165, 1.54) is 0 Å². The van der Waals surface area contributed by atoms with Gasteiger partial charge >= 0.3 is 0 Å². The van der Waals surface area contributed by atoms with Crippen LogP contribution in [0.15, 0.2) is 22.7 Å². The van der Waals surface area contributed by atoms with Gasteiger partial charge in [-0.1, -0.05) is 22.0 Å². The highest BCUT2D eigenvalue weighted by Gasteiger charge is 2.41. The van der Waals surface area contributed by atoms with Crippen LogP contribution in [0.25, 0.3) is 0 Å². The molecule has 0 amide bonds. The van der Waals surface area contributed by atoms with Crippen LogP contribution in [0.2, 0.25) is 0 Å². The van der Waals surface area contributed by atoms with Gasteiger partial charge in [-0.25, -0.2) is 0 Å². The average molecular weight is 227 g/mol. The summed E-state index contributed by atoms with van der Waals surface area (Å²) in [6.07, 6.45) is 2.11. The summed E-state index contributed by atoms with van der Waals surface area (Å²) < 4.78 is 1.01. The molecule has 1 saturated carbocycles. The van der Waals surface area contributed by atoms with E-state index in [1.807, 2.05) is 18.2 Å². The molecule has 4 N–H and O–H groups in total. The van der Waals surface area contributed by atoms with Crippen molar-refractivity contribution in [3.8, 4) is 0 Å². The highest BCUT2D eigenvalue weighted by atomic mass is 79.9. The van der Waals surface area contributed by atoms with Gasteiger partial charge in [0.1, 0.15) is 0 Å². The van der Waals surface area contributed by atoms with Gasteiger partial charge in [-0.15, -0.1) is 0 Å². The minimum Gasteiger partial charge on any atom is -0.398 e. The van der Waals surface area contributed by atoms with Crippen molar-refractivity contribution in [2.24, 2.45) is 5.73 Å². The molecule has 0 aliphatic heterocycles. The molecule has 3 heteroatoms. The first-order chi connectivity index (χ1) is 5.62. The second-order valence-corrected chi connectivity index (χ2v) is 4.30. The SMILES string of the molecule is Nc1cc(Br)ccc1C1(N)CC1. The molecule has 0 aromatic heterocycles. The lowest BCUT2D eigenvalue weighted by atomic mass is 10.0. The second-order valence-electron chi connectivity index (χ2n) is 3.39. The Morgan fingerprint density at radius 3 is 2.50 bits per heavy atom. The molecule has 2 nitrogen and oxygen atoms in total. The maximum absolute atomic E-state index is 6.02. The molecule has 1 aromatic rings. The molecule has 1 aliphatic carbocycles. The van der Waals surface area contributed by atoms with Crippen molar-refractivity contribution < 1.29 is 0 Å². The quantitative estimate of drug-likeness (QED) is 0.720. The number of anilines is 1. The standard InChI is InChI=1S/C9H11BrN2/c10-6-1-2-7(8(11)5-6)9(12)3-4-9/h1-2,5H,3-4,11-12H2. The summed E-state index contributed by atoms with van der Waals surface area (Å²) in [7, 11) is 0. The van der Waals surface area contributed by atoms with Crippen molar-refractivity contribution >= 4 is 21.6 Å². The van der Waals surface area contributed by atoms with Crippen LogP contribution in [0, 0.1) is 0 Å². The molecule has 0 atom stereocenters. The van der Waals surface area contributed by atoms with E-state index >= 15 is 0 Å². The van der Waals surface area contributed by atoms with Crippen molar-refractivity contribution in [2.45, 2.75) is 18.4 Å². The van der Waals surface area contributed by atoms with Crippen LogP contribution in [0.4, 0.5) is 5.69 Å². The summed E-state index contributed by atoms with van der Waals surface area (Å²) in [5, 5.41) is 0. The van der Waals surface area contributed by atoms with Gasteiger partial charge in [0.25, 0.3) is 0 Å². The van der Waals surface area contributed by atoms with Crippen molar-refractivity contribution in [2.75, 3.05) is 5.73 Å². The van der Waals surface area contributed by atoms with E-state index in [2.05, 4.69) is 15.9 Å². The molecule has 0 bridgehead atoms. The second kappa shape index (κ2) is 2.47. The Labute approximate surface area is 80.1 Å². The van der Waals surface area contributed by atoms with Gasteiger partial charge < -0.3 is 11.5 Å². The molecule has 1 aliphatic rings. The van der Waals surface area contributed by atoms with E-state index < -0.39 is 0 Å². The maximum Gasteiger partial charge on any atom is 0.0431 e. The molecule has 2 rings (SSSR count). The summed E-state index contributed by atoms with van der Waals surface area (Å²) in [6.45, 7) is 0. The predicted molar refractivity (Wildman–Crippen MR) is 53.7 cm³/mol. The molecule has 0 radical (unpaired) electrons. The van der Waals surface area contributed by atoms with E-state index in [4.69, 9.17) is 11.5 Å². The first-order valence-corrected chi connectivity index (χ1v) is 4.75. The fourth-order valence-corrected chi connectivity index (χ4v) is 1.77. The monoisotopic (exact) mass is 226 g/mol. The summed E-state index contributed by atoms with van der Waals surface area (Å²) in [5.41, 5.74) is 13.6. The van der Waals surface area contributed by atoms with Crippen LogP contribution >= 0.6 is 15.9 Å². The molecule has 0 heterocycles. The van der Waals surface area contributed by atoms with Crippen LogP contribution in [0.5, 0.6) is 0 Å². The number of nitrogens with two attached hydrogens (primary N) is 2. The summed E-state index contributed by atoms with van der Waals surface area (Å²) in [4.78, 5) is 0. The maximum atomic E-state index is 6.02. The Balaban J connectivity index is 2.45. The first kappa shape index (κ1) is 8.08. The van der Waals surface area contributed by atoms with E-state index in [9.17, 15) is 0 Å². The molecule has 64 valence electrons. The number of nitrogen functional groups attached to an aromatic ring is 1. The van der Waals surface area contributed by atoms with Crippen LogP contribution in [-0.2, 0) is 5.54 Å². The zero-order valence-electron chi connectivity index (χ0n) is 6.68. The van der Waals surface area contributed by atoms with Gasteiger partial charge in [0.05, 0.1) is 0 Å². The number of hydrogen-bond acceptors (Lipinski definition) is 2. The van der Waals surface area contributed by atoms with Crippen molar-refractivity contribution in [3.63, 3.8) is 0 Å². The lowest BCUT2D eigenvalue weighted by molar-refractivity contribution is 0.743. The zero-order valence-corrected chi connectivity index (χ0v) is 8.26. The third-order valence-electron chi connectivity index (χ3n) is 2.34. The summed E-state index contributed by atoms with van der Waals surface area (Å²) in [5.74, 6) is 0. The van der Waals surface area contributed by atoms with Gasteiger partial charge in [0, 0.05) is 15.7 Å². The Kier molecular flexibility index (Phi) is 1.66. The van der Waals surface area contributed by atoms with Crippen LogP contribution in [0.3, 0.4) is 0 Å². The third-order valence-corrected chi connectivity index (χ3v) is 2.83. The Morgan fingerprint density at radius 1 is 1.33 bits per heavy atom. The fraction of sp³-hybridized carbons (Fsp3) is 0.333. The molecule has 12 heavy (non-hydrogen) atoms. The Morgan fingerprint density at radius 2 is 2.00 bits per heavy atom. The highest BCUT2D eigenvalue weighted by molar-refractivity contribution is 9.10. The minimum absolute atomic E-state index is 0.120. The largest absolute Gasteiger partial charge is 0.398 e. The molecular weight excluding hydrogens is 216 g/mol. The number of rotatable bonds is 1. The van der Waals surface area contributed by atoms with Crippen molar-refractivity contribution in [1.29, 1.82) is 0 Å². The average Bonchev–Trinajstić information content (AvgIpc) is 2.68. The molecule has 1 aromatic carbocycles. The minimum atomic E-state index is -0.120. The number of benzene rings is 1. The van der Waals surface area contributed by atoms with Crippen LogP contribution in [0.1, 0.15) is 18.4 Å². The number of halogens is 1. The Bertz CT molecular complexity index is 318. The first-order valence-electron chi connectivity index (χ1n) is 3.96. The lowest BCUT2D eigenvalue weighted by Gasteiger charge is -2.11. The predicted octanol–water partition coefficient (Wildman–Crippen LogP) is 1.98. The van der Waals surface area contributed by atoms with Gasteiger partial charge in [-0.3, -0.25) is 0 Å². The third kappa shape index (κ3) is 1.23. The van der Waals surface area contributed by atoms with Gasteiger partial charge in [-0.05, 0) is 30.5 Å². The van der Waals surface area contributed by atoms with Gasteiger partial charge in [0.15, 0.2) is 0 Å². The van der Waals surface area contributed by atoms with E-state index in [-0.39, 0.29) is 5.54 Å². The molecule has 0 unspecified atom stereocenters. The van der Waals surface area contributed by atoms with Gasteiger partial charge in [-0.2, -0.15) is 0 Å². The lowest BCUT2D eigenvalue weighted by Crippen LogP contribution is -2.20. The van der Waals surface area contributed by atoms with Crippen LogP contribution in [-0.4, -0.2) is 0 Å². The molecule has 0 spiro atoms. The van der Waals surface area contributed by atoms with Gasteiger partial charge in [0.2, 0.25) is 0 Å². The smallest absolute Gasteiger partial charge is 0.0431 e. The van der Waals surface area contributed by atoms with Crippen molar-refractivity contribution in [3.05, 3.63) is 28.2 Å². The topological polar surface area (TPSA) is 52.0 Å². The molecule has 1 fully saturated rings. The zero-order chi connectivity index (χ0) is 8.77. The highest BCUT2D eigenvalue weighted by Crippen LogP contribution is 2.45.